The lowest BCUT2D eigenvalue weighted by molar-refractivity contribution is -0.137. The molecule has 128 valence electrons. The Morgan fingerprint density at radius 3 is 2.67 bits per heavy atom. The van der Waals surface area contributed by atoms with Gasteiger partial charge in [0, 0.05) is 11.9 Å². The molecule has 0 bridgehead atoms. The van der Waals surface area contributed by atoms with Gasteiger partial charge in [0.25, 0.3) is 0 Å². The van der Waals surface area contributed by atoms with Crippen LogP contribution in [0, 0.1) is 6.92 Å². The summed E-state index contributed by atoms with van der Waals surface area (Å²) in [5.74, 6) is 0. The van der Waals surface area contributed by atoms with E-state index in [1.54, 1.807) is 25.3 Å². The molecule has 0 radical (unpaired) electrons. The molecular formula is C17H17F3N2O2. The Labute approximate surface area is 137 Å². The van der Waals surface area contributed by atoms with Gasteiger partial charge in [-0.1, -0.05) is 19.1 Å². The van der Waals surface area contributed by atoms with Crippen LogP contribution in [-0.4, -0.2) is 17.3 Å². The van der Waals surface area contributed by atoms with Crippen LogP contribution in [0.5, 0.6) is 0 Å². The predicted molar refractivity (Wildman–Crippen MR) is 82.7 cm³/mol. The second-order valence-electron chi connectivity index (χ2n) is 5.21. The number of pyridine rings is 1. The number of nitrogens with zero attached hydrogens (tertiary/aromatic N) is 2. The van der Waals surface area contributed by atoms with Gasteiger partial charge in [0.15, 0.2) is 0 Å². The molecule has 1 amide bonds. The number of alkyl halides is 3. The van der Waals surface area contributed by atoms with Crippen molar-refractivity contribution in [1.29, 1.82) is 0 Å². The Bertz CT molecular complexity index is 795. The van der Waals surface area contributed by atoms with E-state index in [2.05, 4.69) is 4.99 Å². The van der Waals surface area contributed by atoms with Crippen molar-refractivity contribution in [1.82, 2.24) is 4.57 Å². The molecule has 0 saturated carbocycles. The monoisotopic (exact) mass is 338 g/mol. The van der Waals surface area contributed by atoms with E-state index in [9.17, 15) is 18.0 Å². The molecule has 4 nitrogen and oxygen atoms in total. The van der Waals surface area contributed by atoms with Crippen LogP contribution in [-0.2, 0) is 10.9 Å². The summed E-state index contributed by atoms with van der Waals surface area (Å²) >= 11 is 0. The summed E-state index contributed by atoms with van der Waals surface area (Å²) in [6.45, 7) is 3.88. The molecule has 1 heterocycles. The fourth-order valence-electron chi connectivity index (χ4n) is 2.04. The van der Waals surface area contributed by atoms with Gasteiger partial charge in [-0.2, -0.15) is 18.2 Å². The SMILES string of the molecule is CCCOC(=O)/N=c1\ccc(C)cn1-c1cccc(C(F)(F)F)c1. The number of ether oxygens (including phenoxy) is 1. The van der Waals surface area contributed by atoms with E-state index < -0.39 is 17.8 Å². The smallest absolute Gasteiger partial charge is 0.435 e. The quantitative estimate of drug-likeness (QED) is 0.840. The summed E-state index contributed by atoms with van der Waals surface area (Å²) in [6.07, 6.45) is -2.96. The average Bonchev–Trinajstić information content (AvgIpc) is 2.54. The second kappa shape index (κ2) is 7.33. The van der Waals surface area contributed by atoms with Crippen molar-refractivity contribution in [2.45, 2.75) is 26.4 Å². The van der Waals surface area contributed by atoms with Crippen molar-refractivity contribution in [2.24, 2.45) is 4.99 Å². The molecule has 0 atom stereocenters. The third-order valence-electron chi connectivity index (χ3n) is 3.16. The van der Waals surface area contributed by atoms with Gasteiger partial charge in [0.05, 0.1) is 12.2 Å². The van der Waals surface area contributed by atoms with Gasteiger partial charge < -0.3 is 9.30 Å². The number of carbonyl (C=O) groups excluding carboxylic acids is 1. The van der Waals surface area contributed by atoms with Gasteiger partial charge in [-0.15, -0.1) is 0 Å². The number of carbonyl (C=O) groups is 1. The minimum Gasteiger partial charge on any atom is -0.448 e. The molecule has 0 saturated heterocycles. The number of hydrogen-bond donors (Lipinski definition) is 0. The van der Waals surface area contributed by atoms with Crippen molar-refractivity contribution < 1.29 is 22.7 Å². The Morgan fingerprint density at radius 1 is 1.25 bits per heavy atom. The van der Waals surface area contributed by atoms with E-state index in [1.165, 1.54) is 16.7 Å². The highest BCUT2D eigenvalue weighted by Crippen LogP contribution is 2.30. The molecule has 1 aromatic heterocycles. The van der Waals surface area contributed by atoms with Crippen LogP contribution in [0.1, 0.15) is 24.5 Å². The first kappa shape index (κ1) is 17.8. The summed E-state index contributed by atoms with van der Waals surface area (Å²) in [6, 6.07) is 8.11. The molecule has 2 rings (SSSR count). The standard InChI is InChI=1S/C17H17F3N2O2/c1-3-9-24-16(23)21-15-8-7-12(2)11-22(15)14-6-4-5-13(10-14)17(18,19)20/h4-8,10-11H,3,9H2,1-2H3/b21-15+. The van der Waals surface area contributed by atoms with Crippen molar-refractivity contribution in [2.75, 3.05) is 6.61 Å². The maximum Gasteiger partial charge on any atom is 0.435 e. The highest BCUT2D eigenvalue weighted by Gasteiger charge is 2.30. The lowest BCUT2D eigenvalue weighted by atomic mass is 10.2. The summed E-state index contributed by atoms with van der Waals surface area (Å²) < 4.78 is 45.0. The third kappa shape index (κ3) is 4.47. The molecular weight excluding hydrogens is 321 g/mol. The van der Waals surface area contributed by atoms with E-state index in [1.807, 2.05) is 6.92 Å². The van der Waals surface area contributed by atoms with E-state index in [0.717, 1.165) is 17.7 Å². The van der Waals surface area contributed by atoms with Crippen molar-refractivity contribution >= 4 is 6.09 Å². The summed E-state index contributed by atoms with van der Waals surface area (Å²) in [5, 5.41) is 0. The van der Waals surface area contributed by atoms with Crippen LogP contribution in [0.25, 0.3) is 5.69 Å². The Kier molecular flexibility index (Phi) is 5.43. The fraction of sp³-hybridized carbons (Fsp3) is 0.294. The van der Waals surface area contributed by atoms with Crippen LogP contribution in [0.2, 0.25) is 0 Å². The molecule has 0 spiro atoms. The second-order valence-corrected chi connectivity index (χ2v) is 5.21. The largest absolute Gasteiger partial charge is 0.448 e. The van der Waals surface area contributed by atoms with Gasteiger partial charge in [-0.05, 0) is 43.2 Å². The van der Waals surface area contributed by atoms with Crippen LogP contribution in [0.15, 0.2) is 47.6 Å². The molecule has 2 aromatic rings. The van der Waals surface area contributed by atoms with Crippen molar-refractivity contribution in [3.05, 3.63) is 59.2 Å². The summed E-state index contributed by atoms with van der Waals surface area (Å²) in [4.78, 5) is 15.5. The van der Waals surface area contributed by atoms with E-state index in [-0.39, 0.29) is 17.8 Å². The fourth-order valence-corrected chi connectivity index (χ4v) is 2.04. The number of aryl methyl sites for hydroxylation is 1. The lowest BCUT2D eigenvalue weighted by Gasteiger charge is -2.12. The minimum absolute atomic E-state index is 0.195. The molecule has 0 fully saturated rings. The average molecular weight is 338 g/mol. The van der Waals surface area contributed by atoms with Crippen LogP contribution in [0.3, 0.4) is 0 Å². The highest BCUT2D eigenvalue weighted by molar-refractivity contribution is 5.68. The molecule has 7 heteroatoms. The maximum absolute atomic E-state index is 12.9. The van der Waals surface area contributed by atoms with Gasteiger partial charge in [0.2, 0.25) is 0 Å². The van der Waals surface area contributed by atoms with E-state index in [4.69, 9.17) is 4.74 Å². The van der Waals surface area contributed by atoms with Crippen molar-refractivity contribution in [3.63, 3.8) is 0 Å². The van der Waals surface area contributed by atoms with Gasteiger partial charge in [0.1, 0.15) is 5.49 Å². The Balaban J connectivity index is 2.52. The van der Waals surface area contributed by atoms with Crippen molar-refractivity contribution in [3.8, 4) is 5.69 Å². The van der Waals surface area contributed by atoms with Gasteiger partial charge in [-0.25, -0.2) is 4.79 Å². The summed E-state index contributed by atoms with van der Waals surface area (Å²) in [5.41, 5.74) is 0.499. The number of halogens is 3. The first-order chi connectivity index (χ1) is 11.3. The Morgan fingerprint density at radius 2 is 2.00 bits per heavy atom. The molecule has 0 aliphatic rings. The minimum atomic E-state index is -4.45. The lowest BCUT2D eigenvalue weighted by Crippen LogP contribution is -2.21. The third-order valence-corrected chi connectivity index (χ3v) is 3.16. The van der Waals surface area contributed by atoms with E-state index >= 15 is 0 Å². The topological polar surface area (TPSA) is 43.6 Å². The molecule has 0 N–H and O–H groups in total. The molecule has 24 heavy (non-hydrogen) atoms. The van der Waals surface area contributed by atoms with Crippen LogP contribution in [0.4, 0.5) is 18.0 Å². The van der Waals surface area contributed by atoms with Gasteiger partial charge in [-0.3, -0.25) is 0 Å². The molecule has 0 aliphatic heterocycles. The number of aromatic nitrogens is 1. The first-order valence-electron chi connectivity index (χ1n) is 7.39. The predicted octanol–water partition coefficient (Wildman–Crippen LogP) is 4.25. The zero-order chi connectivity index (χ0) is 17.7. The highest BCUT2D eigenvalue weighted by atomic mass is 19.4. The first-order valence-corrected chi connectivity index (χ1v) is 7.39. The number of benzene rings is 1. The zero-order valence-corrected chi connectivity index (χ0v) is 13.3. The normalized spacial score (nSPS) is 12.3. The Hall–Kier alpha value is -2.57. The van der Waals surface area contributed by atoms with Gasteiger partial charge >= 0.3 is 12.3 Å². The summed E-state index contributed by atoms with van der Waals surface area (Å²) in [7, 11) is 0. The number of hydrogen-bond acceptors (Lipinski definition) is 2. The number of rotatable bonds is 3. The zero-order valence-electron chi connectivity index (χ0n) is 13.3. The maximum atomic E-state index is 12.9. The van der Waals surface area contributed by atoms with E-state index in [0.29, 0.717) is 6.42 Å². The molecule has 0 aliphatic carbocycles. The van der Waals surface area contributed by atoms with Crippen LogP contribution >= 0.6 is 0 Å². The number of amides is 1. The molecule has 0 unspecified atom stereocenters. The van der Waals surface area contributed by atoms with Crippen LogP contribution < -0.4 is 5.49 Å². The molecule has 1 aromatic carbocycles.